The molecule has 0 heterocycles. The van der Waals surface area contributed by atoms with Crippen LogP contribution in [-0.2, 0) is 44.4 Å². The summed E-state index contributed by atoms with van der Waals surface area (Å²) in [5.74, 6) is -3.14. The number of hydrogen-bond acceptors (Lipinski definition) is 8. The maximum absolute atomic E-state index is 13.2. The van der Waals surface area contributed by atoms with Crippen LogP contribution in [0.3, 0.4) is 0 Å². The molecule has 0 aliphatic carbocycles. The minimum absolute atomic E-state index is 0.0365. The smallest absolute Gasteiger partial charge is 0.338 e. The van der Waals surface area contributed by atoms with E-state index in [9.17, 15) is 19.5 Å². The zero-order valence-corrected chi connectivity index (χ0v) is 29.3. The third-order valence-electron chi connectivity index (χ3n) is 7.35. The molecule has 3 rings (SSSR count). The van der Waals surface area contributed by atoms with E-state index in [2.05, 4.69) is 45.0 Å². The molecule has 254 valence electrons. The lowest BCUT2D eigenvalue weighted by Crippen LogP contribution is -2.66. The van der Waals surface area contributed by atoms with Gasteiger partial charge in [0.15, 0.2) is 12.2 Å². The molecule has 0 saturated heterocycles. The Hall–Kier alpha value is -3.83. The van der Waals surface area contributed by atoms with E-state index in [1.807, 2.05) is 42.5 Å². The van der Waals surface area contributed by atoms with E-state index in [-0.39, 0.29) is 18.3 Å². The van der Waals surface area contributed by atoms with Crippen molar-refractivity contribution < 1.29 is 42.9 Å². The van der Waals surface area contributed by atoms with Crippen LogP contribution in [0.5, 0.6) is 0 Å². The average Bonchev–Trinajstić information content (AvgIpc) is 3.02. The second kappa shape index (κ2) is 17.4. The lowest BCUT2D eigenvalue weighted by atomic mass is 10.2. The van der Waals surface area contributed by atoms with E-state index in [1.54, 1.807) is 45.0 Å². The number of carbonyl (C=O) groups is 3. The van der Waals surface area contributed by atoms with Gasteiger partial charge >= 0.3 is 17.9 Å². The van der Waals surface area contributed by atoms with Gasteiger partial charge < -0.3 is 28.5 Å². The Morgan fingerprint density at radius 1 is 0.702 bits per heavy atom. The minimum Gasteiger partial charge on any atom is -0.479 e. The highest BCUT2D eigenvalue weighted by molar-refractivity contribution is 6.99. The fourth-order valence-electron chi connectivity index (χ4n) is 5.31. The molecule has 0 fully saturated rings. The lowest BCUT2D eigenvalue weighted by Gasteiger charge is -2.43. The van der Waals surface area contributed by atoms with E-state index in [0.29, 0.717) is 19.4 Å². The summed E-state index contributed by atoms with van der Waals surface area (Å²) in [6.45, 7) is 11.4. The second-order valence-corrected chi connectivity index (χ2v) is 17.6. The molecule has 9 nitrogen and oxygen atoms in total. The van der Waals surface area contributed by atoms with Crippen LogP contribution >= 0.6 is 0 Å². The van der Waals surface area contributed by atoms with Gasteiger partial charge in [0.2, 0.25) is 0 Å². The van der Waals surface area contributed by atoms with Crippen molar-refractivity contribution in [2.24, 2.45) is 0 Å². The number of carbonyl (C=O) groups excluding carboxylic acids is 2. The highest BCUT2D eigenvalue weighted by Crippen LogP contribution is 2.36. The average molecular weight is 665 g/mol. The first-order valence-electron chi connectivity index (χ1n) is 15.9. The number of carboxylic acids is 1. The molecule has 0 aliphatic rings. The molecule has 0 amide bonds. The van der Waals surface area contributed by atoms with Crippen LogP contribution in [0.25, 0.3) is 0 Å². The van der Waals surface area contributed by atoms with Crippen molar-refractivity contribution in [3.8, 4) is 0 Å². The molecule has 0 aromatic heterocycles. The summed E-state index contributed by atoms with van der Waals surface area (Å²) in [4.78, 5) is 37.7. The van der Waals surface area contributed by atoms with Gasteiger partial charge in [-0.1, -0.05) is 112 Å². The van der Waals surface area contributed by atoms with Crippen molar-refractivity contribution in [3.63, 3.8) is 0 Å². The van der Waals surface area contributed by atoms with E-state index >= 15 is 0 Å². The van der Waals surface area contributed by atoms with E-state index in [1.165, 1.54) is 10.4 Å². The summed E-state index contributed by atoms with van der Waals surface area (Å²) in [5.41, 5.74) is -0.0677. The van der Waals surface area contributed by atoms with Gasteiger partial charge in [-0.2, -0.15) is 0 Å². The zero-order valence-electron chi connectivity index (χ0n) is 28.3. The number of ether oxygens (including phenoxy) is 4. The molecule has 3 aromatic carbocycles. The first kappa shape index (κ1) is 37.6. The fraction of sp³-hybridized carbons (Fsp3) is 0.432. The van der Waals surface area contributed by atoms with Crippen molar-refractivity contribution in [2.75, 3.05) is 19.8 Å². The molecule has 0 saturated carbocycles. The molecule has 47 heavy (non-hydrogen) atoms. The zero-order chi connectivity index (χ0) is 34.5. The van der Waals surface area contributed by atoms with Gasteiger partial charge in [0.05, 0.1) is 0 Å². The van der Waals surface area contributed by atoms with E-state index in [0.717, 1.165) is 5.56 Å². The lowest BCUT2D eigenvalue weighted by molar-refractivity contribution is -0.186. The number of esters is 2. The van der Waals surface area contributed by atoms with Crippen LogP contribution < -0.4 is 10.4 Å². The van der Waals surface area contributed by atoms with Crippen LogP contribution in [0.15, 0.2) is 91.0 Å². The Morgan fingerprint density at radius 2 is 1.21 bits per heavy atom. The Balaban J connectivity index is 1.70. The predicted molar refractivity (Wildman–Crippen MR) is 182 cm³/mol. The Morgan fingerprint density at radius 3 is 1.70 bits per heavy atom. The monoisotopic (exact) mass is 664 g/mol. The Bertz CT molecular complexity index is 1360. The summed E-state index contributed by atoms with van der Waals surface area (Å²) in [7, 11) is -2.72. The largest absolute Gasteiger partial charge is 0.479 e. The summed E-state index contributed by atoms with van der Waals surface area (Å²) >= 11 is 0. The highest BCUT2D eigenvalue weighted by Gasteiger charge is 2.50. The molecular weight excluding hydrogens is 616 g/mol. The van der Waals surface area contributed by atoms with Crippen LogP contribution in [0.1, 0.15) is 59.9 Å². The van der Waals surface area contributed by atoms with E-state index in [4.69, 9.17) is 23.4 Å². The van der Waals surface area contributed by atoms with Crippen molar-refractivity contribution in [2.45, 2.75) is 83.8 Å². The summed E-state index contributed by atoms with van der Waals surface area (Å²) in [6, 6.07) is 29.6. The number of hydrogen-bond donors (Lipinski definition) is 1. The van der Waals surface area contributed by atoms with Crippen LogP contribution in [0.2, 0.25) is 5.04 Å². The molecule has 3 aromatic rings. The predicted octanol–water partition coefficient (Wildman–Crippen LogP) is 5.28. The molecule has 0 spiro atoms. The van der Waals surface area contributed by atoms with Crippen molar-refractivity contribution in [1.82, 2.24) is 0 Å². The number of unbranched alkanes of at least 4 members (excludes halogenated alkanes) is 1. The quantitative estimate of drug-likeness (QED) is 0.117. The molecular formula is C37H48O9Si. The van der Waals surface area contributed by atoms with Gasteiger partial charge in [-0.05, 0) is 54.6 Å². The third kappa shape index (κ3) is 11.1. The normalized spacial score (nSPS) is 13.4. The van der Waals surface area contributed by atoms with Crippen LogP contribution in [0.4, 0.5) is 0 Å². The van der Waals surface area contributed by atoms with Gasteiger partial charge in [-0.15, -0.1) is 0 Å². The molecule has 0 radical (unpaired) electrons. The highest BCUT2D eigenvalue weighted by atomic mass is 28.4. The fourth-order valence-corrected chi connectivity index (χ4v) is 9.91. The third-order valence-corrected chi connectivity index (χ3v) is 12.4. The topological polar surface area (TPSA) is 118 Å². The maximum Gasteiger partial charge on any atom is 0.338 e. The molecule has 10 heteroatoms. The molecule has 0 aliphatic heterocycles. The molecule has 0 unspecified atom stereocenters. The van der Waals surface area contributed by atoms with Crippen molar-refractivity contribution >= 4 is 36.6 Å². The SMILES string of the molecule is CC(C)(C)OC(=O)CO[C@@H](C(=O)O)[C@@H](OCCCCO[Si](c1ccccc1)(c1ccccc1)C(C)(C)C)C(=O)OCc1ccccc1. The summed E-state index contributed by atoms with van der Waals surface area (Å²) in [6.07, 6.45) is -2.35. The molecule has 1 N–H and O–H groups in total. The van der Waals surface area contributed by atoms with Gasteiger partial charge in [-0.3, -0.25) is 0 Å². The standard InChI is InChI=1S/C37H48O9Si/c1-36(2,3)46-31(38)27-43-32(34(39)40)33(35(41)44-26-28-18-10-7-11-19-28)42-24-16-17-25-45-47(37(4,5)6,29-20-12-8-13-21-29)30-22-14-9-15-23-30/h7-15,18-23,32-33H,16-17,24-27H2,1-6H3,(H,39,40)/t32-,33-/m1/s1. The van der Waals surface area contributed by atoms with E-state index < -0.39 is 50.6 Å². The number of benzene rings is 3. The summed E-state index contributed by atoms with van der Waals surface area (Å²) < 4.78 is 28.8. The van der Waals surface area contributed by atoms with Crippen LogP contribution in [0, 0.1) is 0 Å². The second-order valence-electron chi connectivity index (χ2n) is 13.3. The molecule has 2 atom stereocenters. The Kier molecular flexibility index (Phi) is 13.9. The van der Waals surface area contributed by atoms with Gasteiger partial charge in [0.1, 0.15) is 18.8 Å². The van der Waals surface area contributed by atoms with Crippen molar-refractivity contribution in [1.29, 1.82) is 0 Å². The first-order chi connectivity index (χ1) is 22.2. The molecule has 0 bridgehead atoms. The van der Waals surface area contributed by atoms with Gasteiger partial charge in [0, 0.05) is 13.2 Å². The minimum atomic E-state index is -2.72. The van der Waals surface area contributed by atoms with Crippen molar-refractivity contribution in [3.05, 3.63) is 96.6 Å². The summed E-state index contributed by atoms with van der Waals surface area (Å²) in [5, 5.41) is 12.1. The first-order valence-corrected chi connectivity index (χ1v) is 17.8. The Labute approximate surface area is 279 Å². The maximum atomic E-state index is 13.2. The van der Waals surface area contributed by atoms with Crippen LogP contribution in [-0.4, -0.2) is 69.0 Å². The number of aliphatic carboxylic acids is 1. The van der Waals surface area contributed by atoms with Gasteiger partial charge in [-0.25, -0.2) is 14.4 Å². The number of rotatable bonds is 17. The van der Waals surface area contributed by atoms with Gasteiger partial charge in [0.25, 0.3) is 8.32 Å². The number of carboxylic acid groups (broad SMARTS) is 1.